The van der Waals surface area contributed by atoms with E-state index < -0.39 is 0 Å². The first-order valence-corrected chi connectivity index (χ1v) is 7.09. The lowest BCUT2D eigenvalue weighted by Crippen LogP contribution is -2.26. The number of nitrogens with one attached hydrogen (secondary N) is 2. The van der Waals surface area contributed by atoms with E-state index in [0.717, 1.165) is 25.1 Å². The molecule has 3 nitrogen and oxygen atoms in total. The lowest BCUT2D eigenvalue weighted by Gasteiger charge is -2.21. The number of hydrogen-bond acceptors (Lipinski definition) is 2. The van der Waals surface area contributed by atoms with Crippen LogP contribution in [0.5, 0.6) is 0 Å². The molecule has 3 heteroatoms. The molecule has 19 heavy (non-hydrogen) atoms. The van der Waals surface area contributed by atoms with E-state index in [9.17, 15) is 4.79 Å². The van der Waals surface area contributed by atoms with Crippen molar-refractivity contribution in [2.24, 2.45) is 0 Å². The van der Waals surface area contributed by atoms with Crippen molar-refractivity contribution in [3.05, 3.63) is 29.8 Å². The van der Waals surface area contributed by atoms with E-state index >= 15 is 0 Å². The topological polar surface area (TPSA) is 41.1 Å². The van der Waals surface area contributed by atoms with Gasteiger partial charge in [-0.05, 0) is 36.0 Å². The van der Waals surface area contributed by atoms with E-state index in [-0.39, 0.29) is 17.4 Å². The van der Waals surface area contributed by atoms with Crippen molar-refractivity contribution < 1.29 is 4.79 Å². The van der Waals surface area contributed by atoms with E-state index in [4.69, 9.17) is 0 Å². The fourth-order valence-corrected chi connectivity index (χ4v) is 2.40. The van der Waals surface area contributed by atoms with Crippen molar-refractivity contribution in [3.63, 3.8) is 0 Å². The molecular weight excluding hydrogens is 236 g/mol. The standard InChI is InChI=1S/C16H24N2O/c1-16(2,3)12-6-8-13(9-7-12)18-14-5-4-10-17-15(19)11-14/h6-9,14,18H,4-5,10-11H2,1-3H3,(H,17,19). The second-order valence-electron chi connectivity index (χ2n) is 6.36. The van der Waals surface area contributed by atoms with Crippen LogP contribution in [-0.2, 0) is 10.2 Å². The molecule has 0 aliphatic carbocycles. The second-order valence-corrected chi connectivity index (χ2v) is 6.36. The lowest BCUT2D eigenvalue weighted by molar-refractivity contribution is -0.120. The SMILES string of the molecule is CC(C)(C)c1ccc(NC2CCCNC(=O)C2)cc1. The number of amides is 1. The van der Waals surface area contributed by atoms with Gasteiger partial charge in [-0.2, -0.15) is 0 Å². The largest absolute Gasteiger partial charge is 0.382 e. The molecule has 0 aromatic heterocycles. The molecule has 1 fully saturated rings. The summed E-state index contributed by atoms with van der Waals surface area (Å²) in [6.07, 6.45) is 2.66. The molecule has 1 heterocycles. The van der Waals surface area contributed by atoms with Gasteiger partial charge in [-0.3, -0.25) is 4.79 Å². The zero-order chi connectivity index (χ0) is 13.9. The van der Waals surface area contributed by atoms with E-state index in [1.165, 1.54) is 5.56 Å². The Labute approximate surface area is 115 Å². The highest BCUT2D eigenvalue weighted by atomic mass is 16.1. The average Bonchev–Trinajstić information content (AvgIpc) is 2.53. The molecule has 1 unspecified atom stereocenters. The lowest BCUT2D eigenvalue weighted by atomic mass is 9.87. The van der Waals surface area contributed by atoms with Crippen molar-refractivity contribution in [2.45, 2.75) is 51.5 Å². The molecular formula is C16H24N2O. The Morgan fingerprint density at radius 3 is 2.53 bits per heavy atom. The van der Waals surface area contributed by atoms with Crippen LogP contribution in [0.1, 0.15) is 45.6 Å². The van der Waals surface area contributed by atoms with Crippen LogP contribution >= 0.6 is 0 Å². The molecule has 1 amide bonds. The molecule has 1 aliphatic rings. The van der Waals surface area contributed by atoms with Gasteiger partial charge in [0.2, 0.25) is 5.91 Å². The van der Waals surface area contributed by atoms with E-state index in [1.807, 2.05) is 0 Å². The minimum absolute atomic E-state index is 0.154. The van der Waals surface area contributed by atoms with Crippen molar-refractivity contribution in [1.82, 2.24) is 5.32 Å². The third kappa shape index (κ3) is 3.98. The molecule has 0 radical (unpaired) electrons. The second kappa shape index (κ2) is 5.64. The Morgan fingerprint density at radius 2 is 1.89 bits per heavy atom. The highest BCUT2D eigenvalue weighted by Gasteiger charge is 2.17. The summed E-state index contributed by atoms with van der Waals surface area (Å²) < 4.78 is 0. The highest BCUT2D eigenvalue weighted by molar-refractivity contribution is 5.77. The van der Waals surface area contributed by atoms with Gasteiger partial charge >= 0.3 is 0 Å². The van der Waals surface area contributed by atoms with Crippen LogP contribution in [0.2, 0.25) is 0 Å². The van der Waals surface area contributed by atoms with Crippen LogP contribution in [0.25, 0.3) is 0 Å². The molecule has 0 bridgehead atoms. The summed E-state index contributed by atoms with van der Waals surface area (Å²) in [6.45, 7) is 7.45. The average molecular weight is 260 g/mol. The molecule has 2 N–H and O–H groups in total. The Hall–Kier alpha value is -1.51. The predicted molar refractivity (Wildman–Crippen MR) is 79.4 cm³/mol. The summed E-state index contributed by atoms with van der Waals surface area (Å²) in [4.78, 5) is 11.5. The Morgan fingerprint density at radius 1 is 1.21 bits per heavy atom. The van der Waals surface area contributed by atoms with Crippen LogP contribution in [0.15, 0.2) is 24.3 Å². The Kier molecular flexibility index (Phi) is 4.13. The van der Waals surface area contributed by atoms with E-state index in [1.54, 1.807) is 0 Å². The van der Waals surface area contributed by atoms with Gasteiger partial charge in [-0.25, -0.2) is 0 Å². The van der Waals surface area contributed by atoms with E-state index in [2.05, 4.69) is 55.7 Å². The zero-order valence-corrected chi connectivity index (χ0v) is 12.1. The molecule has 2 rings (SSSR count). The highest BCUT2D eigenvalue weighted by Crippen LogP contribution is 2.24. The molecule has 1 aromatic rings. The van der Waals surface area contributed by atoms with Crippen LogP contribution in [0, 0.1) is 0 Å². The first kappa shape index (κ1) is 13.9. The summed E-state index contributed by atoms with van der Waals surface area (Å²) >= 11 is 0. The summed E-state index contributed by atoms with van der Waals surface area (Å²) in [5, 5.41) is 6.38. The fourth-order valence-electron chi connectivity index (χ4n) is 2.40. The van der Waals surface area contributed by atoms with Crippen molar-refractivity contribution in [1.29, 1.82) is 0 Å². The van der Waals surface area contributed by atoms with Gasteiger partial charge in [-0.15, -0.1) is 0 Å². The van der Waals surface area contributed by atoms with Crippen LogP contribution in [0.4, 0.5) is 5.69 Å². The van der Waals surface area contributed by atoms with Gasteiger partial charge < -0.3 is 10.6 Å². The van der Waals surface area contributed by atoms with Gasteiger partial charge in [0.05, 0.1) is 0 Å². The summed E-state index contributed by atoms with van der Waals surface area (Å²) in [7, 11) is 0. The number of carbonyl (C=O) groups excluding carboxylic acids is 1. The first-order chi connectivity index (χ1) is 8.95. The van der Waals surface area contributed by atoms with Gasteiger partial charge in [0.15, 0.2) is 0 Å². The normalized spacial score (nSPS) is 20.6. The van der Waals surface area contributed by atoms with Crippen LogP contribution < -0.4 is 10.6 Å². The zero-order valence-electron chi connectivity index (χ0n) is 12.1. The van der Waals surface area contributed by atoms with Gasteiger partial charge in [0.1, 0.15) is 0 Å². The molecule has 1 aromatic carbocycles. The van der Waals surface area contributed by atoms with Crippen molar-refractivity contribution in [3.8, 4) is 0 Å². The third-order valence-corrected chi connectivity index (χ3v) is 3.61. The molecule has 1 aliphatic heterocycles. The Bertz CT molecular complexity index is 431. The monoisotopic (exact) mass is 260 g/mol. The molecule has 0 saturated carbocycles. The molecule has 104 valence electrons. The number of benzene rings is 1. The summed E-state index contributed by atoms with van der Waals surface area (Å²) in [5.41, 5.74) is 2.62. The van der Waals surface area contributed by atoms with Gasteiger partial charge in [0, 0.05) is 24.7 Å². The van der Waals surface area contributed by atoms with Crippen LogP contribution in [0.3, 0.4) is 0 Å². The van der Waals surface area contributed by atoms with Crippen molar-refractivity contribution in [2.75, 3.05) is 11.9 Å². The number of carbonyl (C=O) groups is 1. The maximum absolute atomic E-state index is 11.5. The van der Waals surface area contributed by atoms with E-state index in [0.29, 0.717) is 6.42 Å². The smallest absolute Gasteiger partial charge is 0.222 e. The minimum Gasteiger partial charge on any atom is -0.382 e. The third-order valence-electron chi connectivity index (χ3n) is 3.61. The molecule has 0 spiro atoms. The quantitative estimate of drug-likeness (QED) is 0.858. The minimum atomic E-state index is 0.154. The predicted octanol–water partition coefficient (Wildman–Crippen LogP) is 3.06. The van der Waals surface area contributed by atoms with Gasteiger partial charge in [0.25, 0.3) is 0 Å². The molecule has 1 atom stereocenters. The number of anilines is 1. The summed E-state index contributed by atoms with van der Waals surface area (Å²) in [5.74, 6) is 0.154. The van der Waals surface area contributed by atoms with Crippen LogP contribution in [-0.4, -0.2) is 18.5 Å². The maximum Gasteiger partial charge on any atom is 0.222 e. The number of rotatable bonds is 2. The Balaban J connectivity index is 2.01. The number of hydrogen-bond donors (Lipinski definition) is 2. The van der Waals surface area contributed by atoms with Crippen molar-refractivity contribution >= 4 is 11.6 Å². The fraction of sp³-hybridized carbons (Fsp3) is 0.562. The van der Waals surface area contributed by atoms with Gasteiger partial charge in [-0.1, -0.05) is 32.9 Å². The first-order valence-electron chi connectivity index (χ1n) is 7.09. The molecule has 1 saturated heterocycles. The summed E-state index contributed by atoms with van der Waals surface area (Å²) in [6, 6.07) is 8.81. The maximum atomic E-state index is 11.5.